The molecule has 3 aromatic rings. The molecule has 4 rings (SSSR count). The number of pyridine rings is 1. The molecule has 33 heavy (non-hydrogen) atoms. The van der Waals surface area contributed by atoms with E-state index in [1.165, 1.54) is 7.11 Å². The minimum absolute atomic E-state index is 0.00121. The van der Waals surface area contributed by atoms with E-state index >= 15 is 0 Å². The average Bonchev–Trinajstić information content (AvgIpc) is 3.06. The van der Waals surface area contributed by atoms with Crippen LogP contribution in [0.3, 0.4) is 0 Å². The van der Waals surface area contributed by atoms with Crippen LogP contribution in [0.15, 0.2) is 60.9 Å². The lowest BCUT2D eigenvalue weighted by Crippen LogP contribution is -2.32. The Balaban J connectivity index is 1.37. The molecule has 1 aliphatic heterocycles. The summed E-state index contributed by atoms with van der Waals surface area (Å²) in [5.74, 6) is -0.0685. The van der Waals surface area contributed by atoms with Gasteiger partial charge < -0.3 is 14.8 Å². The van der Waals surface area contributed by atoms with Gasteiger partial charge in [0.1, 0.15) is 6.61 Å². The molecule has 168 valence electrons. The van der Waals surface area contributed by atoms with Crippen molar-refractivity contribution in [2.45, 2.75) is 20.0 Å². The number of rotatable bonds is 8. The molecule has 0 aliphatic carbocycles. The first kappa shape index (κ1) is 22.0. The summed E-state index contributed by atoms with van der Waals surface area (Å²) >= 11 is 0. The van der Waals surface area contributed by atoms with E-state index in [4.69, 9.17) is 9.47 Å². The van der Waals surface area contributed by atoms with Crippen LogP contribution in [0.5, 0.6) is 11.5 Å². The van der Waals surface area contributed by atoms with E-state index in [1.54, 1.807) is 48.8 Å². The fourth-order valence-electron chi connectivity index (χ4n) is 3.55. The number of hydrogen-bond acceptors (Lipinski definition) is 6. The van der Waals surface area contributed by atoms with Crippen LogP contribution in [-0.2, 0) is 11.4 Å². The largest absolute Gasteiger partial charge is 0.493 e. The lowest BCUT2D eigenvalue weighted by molar-refractivity contribution is -0.116. The molecule has 0 unspecified atom stereocenters. The third-order valence-corrected chi connectivity index (χ3v) is 5.28. The van der Waals surface area contributed by atoms with Crippen molar-refractivity contribution in [3.63, 3.8) is 0 Å². The fourth-order valence-corrected chi connectivity index (χ4v) is 3.55. The van der Waals surface area contributed by atoms with Gasteiger partial charge in [0.05, 0.1) is 18.2 Å². The number of imide groups is 1. The number of carbonyl (C=O) groups excluding carboxylic acids is 3. The number of methoxy groups -OCH3 is 1. The second-order valence-corrected chi connectivity index (χ2v) is 7.62. The zero-order valence-electron chi connectivity index (χ0n) is 18.3. The predicted molar refractivity (Wildman–Crippen MR) is 121 cm³/mol. The first-order chi connectivity index (χ1) is 16.0. The number of fused-ring (bicyclic) bond motifs is 1. The van der Waals surface area contributed by atoms with Crippen LogP contribution >= 0.6 is 0 Å². The Morgan fingerprint density at radius 3 is 2.48 bits per heavy atom. The van der Waals surface area contributed by atoms with E-state index in [9.17, 15) is 14.4 Å². The van der Waals surface area contributed by atoms with Crippen molar-refractivity contribution < 1.29 is 23.9 Å². The highest BCUT2D eigenvalue weighted by atomic mass is 16.5. The zero-order chi connectivity index (χ0) is 23.4. The molecule has 1 aromatic heterocycles. The van der Waals surface area contributed by atoms with Gasteiger partial charge in [0.2, 0.25) is 5.91 Å². The zero-order valence-corrected chi connectivity index (χ0v) is 18.3. The van der Waals surface area contributed by atoms with Crippen LogP contribution in [0.4, 0.5) is 5.69 Å². The van der Waals surface area contributed by atoms with Gasteiger partial charge in [-0.15, -0.1) is 0 Å². The van der Waals surface area contributed by atoms with E-state index < -0.39 is 0 Å². The van der Waals surface area contributed by atoms with E-state index in [0.717, 1.165) is 16.0 Å². The highest BCUT2D eigenvalue weighted by molar-refractivity contribution is 6.21. The molecular formula is C25H23N3O5. The Morgan fingerprint density at radius 1 is 0.970 bits per heavy atom. The standard InChI is InChI=1S/C25H23N3O5/c1-16-3-5-19-20(13-16)25(31)28(24(19)30)12-9-23(29)27-18-4-6-21(32-2)22(14-18)33-15-17-7-10-26-11-8-17/h3-8,10-11,13-14H,9,12,15H2,1-2H3,(H,27,29). The molecule has 0 atom stereocenters. The molecule has 0 bridgehead atoms. The van der Waals surface area contributed by atoms with Gasteiger partial charge in [-0.3, -0.25) is 24.3 Å². The lowest BCUT2D eigenvalue weighted by atomic mass is 10.1. The number of ether oxygens (including phenoxy) is 2. The van der Waals surface area contributed by atoms with Crippen LogP contribution in [0.1, 0.15) is 38.3 Å². The summed E-state index contributed by atoms with van der Waals surface area (Å²) in [4.78, 5) is 42.7. The number of aromatic nitrogens is 1. The summed E-state index contributed by atoms with van der Waals surface area (Å²) in [5.41, 5.74) is 3.11. The molecule has 8 heteroatoms. The Bertz CT molecular complexity index is 1210. The van der Waals surface area contributed by atoms with Gasteiger partial charge >= 0.3 is 0 Å². The van der Waals surface area contributed by atoms with Crippen LogP contribution in [0.25, 0.3) is 0 Å². The number of anilines is 1. The summed E-state index contributed by atoms with van der Waals surface area (Å²) in [5, 5.41) is 2.78. The Morgan fingerprint density at radius 2 is 1.73 bits per heavy atom. The second kappa shape index (κ2) is 9.52. The number of aryl methyl sites for hydroxylation is 1. The molecule has 0 radical (unpaired) electrons. The van der Waals surface area contributed by atoms with Gasteiger partial charge in [-0.1, -0.05) is 11.6 Å². The first-order valence-corrected chi connectivity index (χ1v) is 10.4. The van der Waals surface area contributed by atoms with Gasteiger partial charge in [-0.05, 0) is 48.9 Å². The molecule has 2 heterocycles. The highest BCUT2D eigenvalue weighted by Crippen LogP contribution is 2.31. The van der Waals surface area contributed by atoms with Crippen molar-refractivity contribution in [2.24, 2.45) is 0 Å². The molecule has 8 nitrogen and oxygen atoms in total. The minimum Gasteiger partial charge on any atom is -0.493 e. The summed E-state index contributed by atoms with van der Waals surface area (Å²) in [6.07, 6.45) is 3.34. The Labute approximate surface area is 191 Å². The number of nitrogens with one attached hydrogen (secondary N) is 1. The minimum atomic E-state index is -0.376. The Hall–Kier alpha value is -4.20. The average molecular weight is 445 g/mol. The second-order valence-electron chi connectivity index (χ2n) is 7.62. The quantitative estimate of drug-likeness (QED) is 0.532. The van der Waals surface area contributed by atoms with Crippen molar-refractivity contribution in [2.75, 3.05) is 19.0 Å². The van der Waals surface area contributed by atoms with Crippen LogP contribution in [-0.4, -0.2) is 41.3 Å². The van der Waals surface area contributed by atoms with Crippen molar-refractivity contribution in [1.29, 1.82) is 0 Å². The molecule has 0 fully saturated rings. The predicted octanol–water partition coefficient (Wildman–Crippen LogP) is 3.60. The summed E-state index contributed by atoms with van der Waals surface area (Å²) < 4.78 is 11.2. The maximum absolute atomic E-state index is 12.6. The van der Waals surface area contributed by atoms with E-state index in [0.29, 0.717) is 34.9 Å². The smallest absolute Gasteiger partial charge is 0.261 e. The summed E-state index contributed by atoms with van der Waals surface area (Å²) in [7, 11) is 1.54. The fraction of sp³-hybridized carbons (Fsp3) is 0.200. The van der Waals surface area contributed by atoms with E-state index in [-0.39, 0.29) is 30.7 Å². The molecule has 1 aliphatic rings. The van der Waals surface area contributed by atoms with Gasteiger partial charge in [0.25, 0.3) is 11.8 Å². The number of benzene rings is 2. The number of carbonyl (C=O) groups is 3. The third kappa shape index (κ3) is 4.85. The highest BCUT2D eigenvalue weighted by Gasteiger charge is 2.35. The molecule has 1 N–H and O–H groups in total. The molecule has 0 saturated heterocycles. The molecule has 0 spiro atoms. The maximum Gasteiger partial charge on any atom is 0.261 e. The summed E-state index contributed by atoms with van der Waals surface area (Å²) in [6, 6.07) is 13.9. The van der Waals surface area contributed by atoms with Crippen LogP contribution < -0.4 is 14.8 Å². The third-order valence-electron chi connectivity index (χ3n) is 5.28. The van der Waals surface area contributed by atoms with Crippen molar-refractivity contribution >= 4 is 23.4 Å². The van der Waals surface area contributed by atoms with E-state index in [1.807, 2.05) is 19.1 Å². The molecule has 3 amide bonds. The van der Waals surface area contributed by atoms with Crippen molar-refractivity contribution in [3.8, 4) is 11.5 Å². The Kier molecular flexibility index (Phi) is 6.35. The molecule has 0 saturated carbocycles. The van der Waals surface area contributed by atoms with Crippen LogP contribution in [0.2, 0.25) is 0 Å². The number of hydrogen-bond donors (Lipinski definition) is 1. The van der Waals surface area contributed by atoms with Crippen molar-refractivity contribution in [3.05, 3.63) is 83.2 Å². The van der Waals surface area contributed by atoms with Gasteiger partial charge in [0.15, 0.2) is 11.5 Å². The van der Waals surface area contributed by atoms with Crippen LogP contribution in [0, 0.1) is 6.92 Å². The molecular weight excluding hydrogens is 422 g/mol. The maximum atomic E-state index is 12.6. The summed E-state index contributed by atoms with van der Waals surface area (Å²) in [6.45, 7) is 2.17. The monoisotopic (exact) mass is 445 g/mol. The van der Waals surface area contributed by atoms with E-state index in [2.05, 4.69) is 10.3 Å². The first-order valence-electron chi connectivity index (χ1n) is 10.4. The topological polar surface area (TPSA) is 97.8 Å². The lowest BCUT2D eigenvalue weighted by Gasteiger charge is -2.15. The normalized spacial score (nSPS) is 12.5. The number of amides is 3. The SMILES string of the molecule is COc1ccc(NC(=O)CCN2C(=O)c3ccc(C)cc3C2=O)cc1OCc1ccncc1. The van der Waals surface area contributed by atoms with Gasteiger partial charge in [-0.2, -0.15) is 0 Å². The van der Waals surface area contributed by atoms with Crippen molar-refractivity contribution in [1.82, 2.24) is 9.88 Å². The number of nitrogens with zero attached hydrogens (tertiary/aromatic N) is 2. The molecule has 2 aromatic carbocycles. The van der Waals surface area contributed by atoms with Gasteiger partial charge in [0, 0.05) is 37.1 Å². The van der Waals surface area contributed by atoms with Gasteiger partial charge in [-0.25, -0.2) is 0 Å².